The number of carbonyl (C=O) groups is 1. The number of anilines is 1. The third-order valence-corrected chi connectivity index (χ3v) is 3.31. The van der Waals surface area contributed by atoms with E-state index in [1.54, 1.807) is 6.20 Å². The lowest BCUT2D eigenvalue weighted by atomic mass is 10.1. The van der Waals surface area contributed by atoms with Crippen molar-refractivity contribution < 1.29 is 4.79 Å². The van der Waals surface area contributed by atoms with Crippen LogP contribution in [0.15, 0.2) is 54.9 Å². The van der Waals surface area contributed by atoms with Crippen LogP contribution in [0.5, 0.6) is 0 Å². The molecule has 3 N–H and O–H groups in total. The van der Waals surface area contributed by atoms with Crippen LogP contribution in [0.2, 0.25) is 0 Å². The molecule has 0 bridgehead atoms. The predicted octanol–water partition coefficient (Wildman–Crippen LogP) is 3.45. The Morgan fingerprint density at radius 1 is 1.24 bits per heavy atom. The number of pyridine rings is 1. The minimum absolute atomic E-state index is 0.0600. The molecule has 1 atom stereocenters. The van der Waals surface area contributed by atoms with E-state index in [0.717, 1.165) is 16.6 Å². The molecule has 2 aromatic heterocycles. The molecule has 1 aromatic carbocycles. The van der Waals surface area contributed by atoms with E-state index >= 15 is 0 Å². The van der Waals surface area contributed by atoms with Crippen molar-refractivity contribution in [1.82, 2.24) is 15.3 Å². The Morgan fingerprint density at radius 3 is 2.86 bits per heavy atom. The van der Waals surface area contributed by atoms with E-state index in [1.165, 1.54) is 0 Å². The Hall–Kier alpha value is -2.82. The number of nitrogens with one attached hydrogen (secondary N) is 3. The number of aromatic nitrogens is 2. The van der Waals surface area contributed by atoms with E-state index in [9.17, 15) is 4.79 Å². The molecule has 0 aliphatic carbocycles. The summed E-state index contributed by atoms with van der Waals surface area (Å²) in [6.07, 6.45) is 3.45. The smallest absolute Gasteiger partial charge is 0.319 e. The van der Waals surface area contributed by atoms with Gasteiger partial charge in [0.05, 0.1) is 17.9 Å². The number of rotatable bonds is 3. The van der Waals surface area contributed by atoms with Gasteiger partial charge in [-0.25, -0.2) is 9.78 Å². The number of hydrogen-bond acceptors (Lipinski definition) is 2. The van der Waals surface area contributed by atoms with Gasteiger partial charge in [0.2, 0.25) is 0 Å². The van der Waals surface area contributed by atoms with Gasteiger partial charge in [0.25, 0.3) is 0 Å². The van der Waals surface area contributed by atoms with Crippen LogP contribution in [-0.4, -0.2) is 16.0 Å². The van der Waals surface area contributed by atoms with Crippen molar-refractivity contribution in [2.75, 3.05) is 5.32 Å². The number of urea groups is 1. The number of carbonyl (C=O) groups excluding carboxylic acids is 1. The van der Waals surface area contributed by atoms with Gasteiger partial charge in [-0.15, -0.1) is 0 Å². The maximum Gasteiger partial charge on any atom is 0.319 e. The average molecular weight is 280 g/mol. The van der Waals surface area contributed by atoms with Crippen molar-refractivity contribution in [3.63, 3.8) is 0 Å². The molecule has 0 fully saturated rings. The first kappa shape index (κ1) is 13.2. The summed E-state index contributed by atoms with van der Waals surface area (Å²) < 4.78 is 0. The van der Waals surface area contributed by atoms with Crippen molar-refractivity contribution in [3.8, 4) is 0 Å². The lowest BCUT2D eigenvalue weighted by Crippen LogP contribution is -2.31. The summed E-state index contributed by atoms with van der Waals surface area (Å²) in [6, 6.07) is 13.3. The van der Waals surface area contributed by atoms with Gasteiger partial charge in [0.15, 0.2) is 0 Å². The van der Waals surface area contributed by atoms with Crippen molar-refractivity contribution in [2.24, 2.45) is 0 Å². The SMILES string of the molecule is CC(NC(=O)Nc1cnc2[nH]ccc2c1)c1ccccc1. The fourth-order valence-corrected chi connectivity index (χ4v) is 2.20. The topological polar surface area (TPSA) is 69.8 Å². The normalized spacial score (nSPS) is 12.0. The maximum atomic E-state index is 12.0. The number of H-pyrrole nitrogens is 1. The summed E-state index contributed by atoms with van der Waals surface area (Å²) >= 11 is 0. The van der Waals surface area contributed by atoms with Crippen LogP contribution >= 0.6 is 0 Å². The highest BCUT2D eigenvalue weighted by atomic mass is 16.2. The molecule has 5 nitrogen and oxygen atoms in total. The minimum atomic E-state index is -0.247. The van der Waals surface area contributed by atoms with Crippen molar-refractivity contribution >= 4 is 22.8 Å². The number of benzene rings is 1. The minimum Gasteiger partial charge on any atom is -0.346 e. The van der Waals surface area contributed by atoms with E-state index in [-0.39, 0.29) is 12.1 Å². The molecule has 3 aromatic rings. The third-order valence-electron chi connectivity index (χ3n) is 3.31. The second-order valence-electron chi connectivity index (χ2n) is 4.87. The molecule has 2 amide bonds. The second kappa shape index (κ2) is 5.66. The highest BCUT2D eigenvalue weighted by molar-refractivity contribution is 5.91. The lowest BCUT2D eigenvalue weighted by molar-refractivity contribution is 0.249. The fraction of sp³-hybridized carbons (Fsp3) is 0.125. The van der Waals surface area contributed by atoms with E-state index in [4.69, 9.17) is 0 Å². The maximum absolute atomic E-state index is 12.0. The van der Waals surface area contributed by atoms with Gasteiger partial charge in [-0.05, 0) is 24.6 Å². The highest BCUT2D eigenvalue weighted by Gasteiger charge is 2.09. The van der Waals surface area contributed by atoms with Gasteiger partial charge < -0.3 is 15.6 Å². The van der Waals surface area contributed by atoms with E-state index < -0.39 is 0 Å². The van der Waals surface area contributed by atoms with Crippen LogP contribution in [0.1, 0.15) is 18.5 Å². The summed E-state index contributed by atoms with van der Waals surface area (Å²) in [7, 11) is 0. The van der Waals surface area contributed by atoms with Gasteiger partial charge in [-0.2, -0.15) is 0 Å². The second-order valence-corrected chi connectivity index (χ2v) is 4.87. The van der Waals surface area contributed by atoms with Gasteiger partial charge >= 0.3 is 6.03 Å². The molecule has 0 saturated carbocycles. The molecule has 0 saturated heterocycles. The van der Waals surface area contributed by atoms with Crippen molar-refractivity contribution in [1.29, 1.82) is 0 Å². The average Bonchev–Trinajstić information content (AvgIpc) is 2.95. The monoisotopic (exact) mass is 280 g/mol. The predicted molar refractivity (Wildman–Crippen MR) is 83.1 cm³/mol. The van der Waals surface area contributed by atoms with E-state index in [2.05, 4.69) is 20.6 Å². The number of aromatic amines is 1. The molecule has 21 heavy (non-hydrogen) atoms. The number of nitrogens with zero attached hydrogens (tertiary/aromatic N) is 1. The summed E-state index contributed by atoms with van der Waals surface area (Å²) in [5.74, 6) is 0. The number of hydrogen-bond donors (Lipinski definition) is 3. The number of amides is 2. The standard InChI is InChI=1S/C16H16N4O/c1-11(12-5-3-2-4-6-12)19-16(21)20-14-9-13-7-8-17-15(13)18-10-14/h2-11H,1H3,(H,17,18)(H2,19,20,21). The van der Waals surface area contributed by atoms with E-state index in [1.807, 2.05) is 55.6 Å². The van der Waals surface area contributed by atoms with Crippen LogP contribution in [0.3, 0.4) is 0 Å². The lowest BCUT2D eigenvalue weighted by Gasteiger charge is -2.14. The molecule has 106 valence electrons. The van der Waals surface area contributed by atoms with Gasteiger partial charge in [0.1, 0.15) is 5.65 Å². The first-order valence-corrected chi connectivity index (χ1v) is 6.78. The van der Waals surface area contributed by atoms with Gasteiger partial charge in [-0.3, -0.25) is 0 Å². The molecule has 2 heterocycles. The largest absolute Gasteiger partial charge is 0.346 e. The van der Waals surface area contributed by atoms with Crippen LogP contribution in [-0.2, 0) is 0 Å². The first-order valence-electron chi connectivity index (χ1n) is 6.78. The molecular weight excluding hydrogens is 264 g/mol. The van der Waals surface area contributed by atoms with Crippen LogP contribution in [0, 0.1) is 0 Å². The Balaban J connectivity index is 1.66. The highest BCUT2D eigenvalue weighted by Crippen LogP contribution is 2.16. The summed E-state index contributed by atoms with van der Waals surface area (Å²) in [5, 5.41) is 6.66. The molecule has 3 rings (SSSR count). The Morgan fingerprint density at radius 2 is 2.05 bits per heavy atom. The van der Waals surface area contributed by atoms with Crippen LogP contribution in [0.25, 0.3) is 11.0 Å². The van der Waals surface area contributed by atoms with Gasteiger partial charge in [-0.1, -0.05) is 30.3 Å². The molecule has 5 heteroatoms. The fourth-order valence-electron chi connectivity index (χ4n) is 2.20. The molecule has 0 spiro atoms. The molecule has 0 aliphatic rings. The zero-order valence-corrected chi connectivity index (χ0v) is 11.6. The quantitative estimate of drug-likeness (QED) is 0.687. The van der Waals surface area contributed by atoms with Gasteiger partial charge in [0, 0.05) is 11.6 Å². The Labute approximate surface area is 122 Å². The zero-order valence-electron chi connectivity index (χ0n) is 11.6. The summed E-state index contributed by atoms with van der Waals surface area (Å²) in [4.78, 5) is 19.3. The van der Waals surface area contributed by atoms with Crippen LogP contribution in [0.4, 0.5) is 10.5 Å². The first-order chi connectivity index (χ1) is 10.2. The Kier molecular flexibility index (Phi) is 3.55. The van der Waals surface area contributed by atoms with Crippen molar-refractivity contribution in [2.45, 2.75) is 13.0 Å². The summed E-state index contributed by atoms with van der Waals surface area (Å²) in [6.45, 7) is 1.95. The number of fused-ring (bicyclic) bond motifs is 1. The Bertz CT molecular complexity index is 751. The van der Waals surface area contributed by atoms with Crippen LogP contribution < -0.4 is 10.6 Å². The zero-order chi connectivity index (χ0) is 14.7. The summed E-state index contributed by atoms with van der Waals surface area (Å²) in [5.41, 5.74) is 2.53. The van der Waals surface area contributed by atoms with E-state index in [0.29, 0.717) is 5.69 Å². The molecule has 1 unspecified atom stereocenters. The molecular formula is C16H16N4O. The molecule has 0 aliphatic heterocycles. The van der Waals surface area contributed by atoms with Crippen molar-refractivity contribution in [3.05, 3.63) is 60.4 Å². The molecule has 0 radical (unpaired) electrons. The third kappa shape index (κ3) is 3.02.